The number of benzene rings is 1. The van der Waals surface area contributed by atoms with Crippen LogP contribution < -0.4 is 16.0 Å². The average molecular weight is 442 g/mol. The Balaban J connectivity index is 1.51. The van der Waals surface area contributed by atoms with Gasteiger partial charge in [0.2, 0.25) is 11.9 Å². The second-order valence-corrected chi connectivity index (χ2v) is 7.60. The van der Waals surface area contributed by atoms with Crippen LogP contribution in [0.1, 0.15) is 36.8 Å². The predicted molar refractivity (Wildman–Crippen MR) is 109 cm³/mol. The molecular formula is C20H23ClF3N5O. The lowest BCUT2D eigenvalue weighted by atomic mass is 9.85. The van der Waals surface area contributed by atoms with Gasteiger partial charge in [-0.1, -0.05) is 29.8 Å². The van der Waals surface area contributed by atoms with Gasteiger partial charge >= 0.3 is 6.18 Å². The lowest BCUT2D eigenvalue weighted by Gasteiger charge is -2.28. The lowest BCUT2D eigenvalue weighted by molar-refractivity contribution is -0.138. The van der Waals surface area contributed by atoms with E-state index >= 15 is 0 Å². The standard InChI is InChI=1S/C20H23ClF3N5O/c1-25-17-10-16(21)28-19(29-17)27-14-8-6-12(7-9-14)18(30)26-11-13-4-2-3-5-15(13)20(22,23)24/h2-5,10,12,14H,6-9,11H2,1H3,(H,26,30)(H2,25,27,28,29). The van der Waals surface area contributed by atoms with E-state index in [-0.39, 0.29) is 30.0 Å². The van der Waals surface area contributed by atoms with Crippen molar-refractivity contribution in [2.45, 2.75) is 44.4 Å². The van der Waals surface area contributed by atoms with Gasteiger partial charge in [-0.05, 0) is 37.3 Å². The summed E-state index contributed by atoms with van der Waals surface area (Å²) in [6.07, 6.45) is -1.74. The zero-order valence-electron chi connectivity index (χ0n) is 16.4. The summed E-state index contributed by atoms with van der Waals surface area (Å²) in [4.78, 5) is 20.9. The minimum Gasteiger partial charge on any atom is -0.373 e. The van der Waals surface area contributed by atoms with Crippen LogP contribution in [-0.2, 0) is 17.5 Å². The number of amides is 1. The second-order valence-electron chi connectivity index (χ2n) is 7.22. The zero-order chi connectivity index (χ0) is 21.7. The summed E-state index contributed by atoms with van der Waals surface area (Å²) in [6.45, 7) is -0.143. The number of alkyl halides is 3. The molecular weight excluding hydrogens is 419 g/mol. The molecule has 30 heavy (non-hydrogen) atoms. The van der Waals surface area contributed by atoms with Gasteiger partial charge in [-0.3, -0.25) is 4.79 Å². The minimum atomic E-state index is -4.44. The number of anilines is 2. The van der Waals surface area contributed by atoms with E-state index in [1.165, 1.54) is 18.2 Å². The smallest absolute Gasteiger partial charge is 0.373 e. The molecule has 1 aromatic carbocycles. The first-order chi connectivity index (χ1) is 14.3. The van der Waals surface area contributed by atoms with Gasteiger partial charge in [0.15, 0.2) is 0 Å². The SMILES string of the molecule is CNc1cc(Cl)nc(NC2CCC(C(=O)NCc3ccccc3C(F)(F)F)CC2)n1. The maximum Gasteiger partial charge on any atom is 0.416 e. The Morgan fingerprint density at radius 2 is 1.87 bits per heavy atom. The van der Waals surface area contributed by atoms with E-state index < -0.39 is 11.7 Å². The molecule has 0 bridgehead atoms. The Morgan fingerprint density at radius 1 is 1.17 bits per heavy atom. The minimum absolute atomic E-state index is 0.0622. The Kier molecular flexibility index (Phi) is 7.02. The molecule has 1 amide bonds. The van der Waals surface area contributed by atoms with Crippen LogP contribution in [-0.4, -0.2) is 29.0 Å². The number of hydrogen-bond donors (Lipinski definition) is 3. The number of halogens is 4. The number of hydrogen-bond acceptors (Lipinski definition) is 5. The molecule has 1 fully saturated rings. The fourth-order valence-corrected chi connectivity index (χ4v) is 3.75. The fourth-order valence-electron chi connectivity index (χ4n) is 3.57. The van der Waals surface area contributed by atoms with Crippen LogP contribution >= 0.6 is 11.6 Å². The molecule has 6 nitrogen and oxygen atoms in total. The quantitative estimate of drug-likeness (QED) is 0.576. The van der Waals surface area contributed by atoms with Crippen LogP contribution in [0.25, 0.3) is 0 Å². The van der Waals surface area contributed by atoms with E-state index in [4.69, 9.17) is 11.6 Å². The Hall–Kier alpha value is -2.55. The van der Waals surface area contributed by atoms with Gasteiger partial charge in [0, 0.05) is 31.6 Å². The lowest BCUT2D eigenvalue weighted by Crippen LogP contribution is -2.36. The van der Waals surface area contributed by atoms with Crippen molar-refractivity contribution < 1.29 is 18.0 Å². The van der Waals surface area contributed by atoms with Crippen LogP contribution in [0.3, 0.4) is 0 Å². The largest absolute Gasteiger partial charge is 0.416 e. The molecule has 1 aliphatic rings. The third-order valence-corrected chi connectivity index (χ3v) is 5.35. The number of nitrogens with one attached hydrogen (secondary N) is 3. The number of nitrogens with zero attached hydrogens (tertiary/aromatic N) is 2. The third-order valence-electron chi connectivity index (χ3n) is 5.16. The zero-order valence-corrected chi connectivity index (χ0v) is 17.1. The molecule has 0 saturated heterocycles. The highest BCUT2D eigenvalue weighted by Gasteiger charge is 2.33. The molecule has 1 aliphatic carbocycles. The molecule has 1 saturated carbocycles. The first-order valence-corrected chi connectivity index (χ1v) is 10.1. The van der Waals surface area contributed by atoms with Gasteiger partial charge in [-0.2, -0.15) is 18.2 Å². The van der Waals surface area contributed by atoms with Crippen molar-refractivity contribution in [3.05, 3.63) is 46.6 Å². The van der Waals surface area contributed by atoms with Crippen LogP contribution in [0.5, 0.6) is 0 Å². The summed E-state index contributed by atoms with van der Waals surface area (Å²) in [6, 6.07) is 6.99. The molecule has 0 atom stereocenters. The highest BCUT2D eigenvalue weighted by atomic mass is 35.5. The first kappa shape index (κ1) is 22.1. The number of carbonyl (C=O) groups excluding carboxylic acids is 1. The molecule has 0 unspecified atom stereocenters. The van der Waals surface area contributed by atoms with E-state index in [2.05, 4.69) is 25.9 Å². The molecule has 2 aromatic rings. The number of rotatable bonds is 6. The molecule has 0 aliphatic heterocycles. The summed E-state index contributed by atoms with van der Waals surface area (Å²) in [5, 5.41) is 9.13. The van der Waals surface area contributed by atoms with Crippen LogP contribution in [0.4, 0.5) is 24.9 Å². The van der Waals surface area contributed by atoms with Crippen molar-refractivity contribution in [1.82, 2.24) is 15.3 Å². The third kappa shape index (κ3) is 5.75. The summed E-state index contributed by atoms with van der Waals surface area (Å²) < 4.78 is 39.2. The first-order valence-electron chi connectivity index (χ1n) is 9.68. The molecule has 162 valence electrons. The van der Waals surface area contributed by atoms with Crippen LogP contribution in [0.15, 0.2) is 30.3 Å². The Bertz CT molecular complexity index is 885. The molecule has 0 spiro atoms. The Morgan fingerprint density at radius 3 is 2.53 bits per heavy atom. The average Bonchev–Trinajstić information content (AvgIpc) is 2.71. The summed E-state index contributed by atoms with van der Waals surface area (Å²) in [5.74, 6) is 0.573. The molecule has 1 aromatic heterocycles. The van der Waals surface area contributed by atoms with E-state index in [1.54, 1.807) is 13.1 Å². The maximum absolute atomic E-state index is 13.1. The predicted octanol–water partition coefficient (Wildman–Crippen LogP) is 4.48. The second kappa shape index (κ2) is 9.51. The van der Waals surface area contributed by atoms with Gasteiger partial charge in [-0.25, -0.2) is 4.98 Å². The normalized spacial score (nSPS) is 19.2. The van der Waals surface area contributed by atoms with Crippen molar-refractivity contribution in [3.8, 4) is 0 Å². The van der Waals surface area contributed by atoms with E-state index in [0.29, 0.717) is 29.8 Å². The van der Waals surface area contributed by atoms with Gasteiger partial charge in [0.25, 0.3) is 0 Å². The highest BCUT2D eigenvalue weighted by Crippen LogP contribution is 2.32. The topological polar surface area (TPSA) is 78.9 Å². The van der Waals surface area contributed by atoms with Gasteiger partial charge < -0.3 is 16.0 Å². The van der Waals surface area contributed by atoms with Crippen molar-refractivity contribution >= 4 is 29.3 Å². The highest BCUT2D eigenvalue weighted by molar-refractivity contribution is 6.29. The fraction of sp³-hybridized carbons (Fsp3) is 0.450. The molecule has 1 heterocycles. The van der Waals surface area contributed by atoms with Crippen molar-refractivity contribution in [2.24, 2.45) is 5.92 Å². The van der Waals surface area contributed by atoms with E-state index in [0.717, 1.165) is 18.9 Å². The van der Waals surface area contributed by atoms with Crippen LogP contribution in [0.2, 0.25) is 5.15 Å². The summed E-state index contributed by atoms with van der Waals surface area (Å²) in [7, 11) is 1.74. The van der Waals surface area contributed by atoms with Gasteiger partial charge in [0.1, 0.15) is 11.0 Å². The van der Waals surface area contributed by atoms with E-state index in [1.807, 2.05) is 0 Å². The number of aromatic nitrogens is 2. The molecule has 0 radical (unpaired) electrons. The van der Waals surface area contributed by atoms with E-state index in [9.17, 15) is 18.0 Å². The van der Waals surface area contributed by atoms with Gasteiger partial charge in [0.05, 0.1) is 5.56 Å². The van der Waals surface area contributed by atoms with Crippen LogP contribution in [0, 0.1) is 5.92 Å². The summed E-state index contributed by atoms with van der Waals surface area (Å²) in [5.41, 5.74) is -0.659. The molecule has 3 N–H and O–H groups in total. The van der Waals surface area contributed by atoms with Crippen molar-refractivity contribution in [3.63, 3.8) is 0 Å². The Labute approximate surface area is 177 Å². The molecule has 3 rings (SSSR count). The summed E-state index contributed by atoms with van der Waals surface area (Å²) >= 11 is 5.98. The van der Waals surface area contributed by atoms with Crippen molar-refractivity contribution in [2.75, 3.05) is 17.7 Å². The van der Waals surface area contributed by atoms with Gasteiger partial charge in [-0.15, -0.1) is 0 Å². The molecule has 10 heteroatoms. The maximum atomic E-state index is 13.1. The monoisotopic (exact) mass is 441 g/mol. The van der Waals surface area contributed by atoms with Crippen molar-refractivity contribution in [1.29, 1.82) is 0 Å². The number of carbonyl (C=O) groups is 1.